The SMILES string of the molecule is Cc1cc(C)nc(-n2nc(C)c3c2N(Cc2ccccc2Cl)C(=O)C[C@@H]3c2ccccc2)n1. The van der Waals surface area contributed by atoms with Crippen LogP contribution in [0.3, 0.4) is 0 Å². The molecule has 0 saturated carbocycles. The molecule has 1 amide bonds. The van der Waals surface area contributed by atoms with Gasteiger partial charge in [-0.25, -0.2) is 9.97 Å². The van der Waals surface area contributed by atoms with E-state index in [0.717, 1.165) is 33.8 Å². The van der Waals surface area contributed by atoms with Crippen molar-refractivity contribution in [2.45, 2.75) is 39.7 Å². The molecule has 0 radical (unpaired) electrons. The summed E-state index contributed by atoms with van der Waals surface area (Å²) in [5, 5.41) is 5.46. The maximum absolute atomic E-state index is 13.6. The highest BCUT2D eigenvalue weighted by Crippen LogP contribution is 2.43. The molecule has 5 rings (SSSR count). The number of rotatable bonds is 4. The van der Waals surface area contributed by atoms with E-state index in [0.29, 0.717) is 29.8 Å². The number of carbonyl (C=O) groups excluding carboxylic acids is 1. The first-order valence-electron chi connectivity index (χ1n) is 10.9. The van der Waals surface area contributed by atoms with Gasteiger partial charge in [0.1, 0.15) is 5.82 Å². The number of aryl methyl sites for hydroxylation is 3. The second kappa shape index (κ2) is 8.45. The third kappa shape index (κ3) is 3.91. The average Bonchev–Trinajstić information content (AvgIpc) is 3.14. The van der Waals surface area contributed by atoms with Gasteiger partial charge in [-0.3, -0.25) is 9.69 Å². The third-order valence-electron chi connectivity index (χ3n) is 6.01. The van der Waals surface area contributed by atoms with Gasteiger partial charge in [-0.05, 0) is 44.0 Å². The number of anilines is 1. The van der Waals surface area contributed by atoms with Crippen molar-refractivity contribution in [2.24, 2.45) is 0 Å². The van der Waals surface area contributed by atoms with Gasteiger partial charge in [-0.15, -0.1) is 0 Å². The molecule has 0 spiro atoms. The fraction of sp³-hybridized carbons (Fsp3) is 0.231. The third-order valence-corrected chi connectivity index (χ3v) is 6.38. The lowest BCUT2D eigenvalue weighted by Gasteiger charge is -2.33. The van der Waals surface area contributed by atoms with Crippen molar-refractivity contribution in [1.82, 2.24) is 19.7 Å². The minimum absolute atomic E-state index is 0.0156. The summed E-state index contributed by atoms with van der Waals surface area (Å²) in [6.07, 6.45) is 0.363. The number of aromatic nitrogens is 4. The first-order valence-corrected chi connectivity index (χ1v) is 11.3. The number of fused-ring (bicyclic) bond motifs is 1. The van der Waals surface area contributed by atoms with Gasteiger partial charge in [0.15, 0.2) is 0 Å². The summed E-state index contributed by atoms with van der Waals surface area (Å²) < 4.78 is 1.72. The Morgan fingerprint density at radius 3 is 2.33 bits per heavy atom. The summed E-state index contributed by atoms with van der Waals surface area (Å²) in [6, 6.07) is 19.6. The molecule has 1 aliphatic heterocycles. The number of amides is 1. The fourth-order valence-corrected chi connectivity index (χ4v) is 4.77. The molecule has 6 nitrogen and oxygen atoms in total. The Morgan fingerprint density at radius 1 is 0.970 bits per heavy atom. The predicted molar refractivity (Wildman–Crippen MR) is 129 cm³/mol. The maximum Gasteiger partial charge on any atom is 0.252 e. The molecule has 2 aromatic heterocycles. The van der Waals surface area contributed by atoms with Crippen molar-refractivity contribution >= 4 is 23.3 Å². The molecule has 166 valence electrons. The van der Waals surface area contributed by atoms with E-state index in [-0.39, 0.29) is 11.8 Å². The van der Waals surface area contributed by atoms with E-state index < -0.39 is 0 Å². The molecular formula is C26H24ClN5O. The molecule has 0 saturated heterocycles. The van der Waals surface area contributed by atoms with Crippen molar-refractivity contribution in [3.05, 3.63) is 99.5 Å². The molecule has 1 aliphatic rings. The number of benzene rings is 2. The molecule has 3 heterocycles. The van der Waals surface area contributed by atoms with Gasteiger partial charge in [0.2, 0.25) is 5.91 Å². The quantitative estimate of drug-likeness (QED) is 0.416. The lowest BCUT2D eigenvalue weighted by molar-refractivity contribution is -0.119. The first kappa shape index (κ1) is 21.3. The zero-order chi connectivity index (χ0) is 23.1. The predicted octanol–water partition coefficient (Wildman–Crippen LogP) is 5.31. The Labute approximate surface area is 197 Å². The van der Waals surface area contributed by atoms with E-state index in [2.05, 4.69) is 22.1 Å². The molecule has 33 heavy (non-hydrogen) atoms. The summed E-state index contributed by atoms with van der Waals surface area (Å²) in [5.41, 5.74) is 5.54. The maximum atomic E-state index is 13.6. The largest absolute Gasteiger partial charge is 0.292 e. The number of halogens is 1. The van der Waals surface area contributed by atoms with E-state index >= 15 is 0 Å². The van der Waals surface area contributed by atoms with Gasteiger partial charge in [0, 0.05) is 34.3 Å². The van der Waals surface area contributed by atoms with Gasteiger partial charge in [0.25, 0.3) is 5.95 Å². The van der Waals surface area contributed by atoms with Crippen LogP contribution in [0.5, 0.6) is 0 Å². The van der Waals surface area contributed by atoms with Gasteiger partial charge in [0.05, 0.1) is 12.2 Å². The Morgan fingerprint density at radius 2 is 1.64 bits per heavy atom. The summed E-state index contributed by atoms with van der Waals surface area (Å²) in [4.78, 5) is 24.6. The van der Waals surface area contributed by atoms with Crippen molar-refractivity contribution in [2.75, 3.05) is 4.90 Å². The average molecular weight is 458 g/mol. The molecule has 0 fully saturated rings. The molecule has 1 atom stereocenters. The topological polar surface area (TPSA) is 63.9 Å². The Bertz CT molecular complexity index is 1330. The smallest absolute Gasteiger partial charge is 0.252 e. The highest BCUT2D eigenvalue weighted by molar-refractivity contribution is 6.31. The van der Waals surface area contributed by atoms with E-state index in [1.54, 1.807) is 9.58 Å². The summed E-state index contributed by atoms with van der Waals surface area (Å²) >= 11 is 6.46. The number of hydrogen-bond acceptors (Lipinski definition) is 4. The molecule has 4 aromatic rings. The summed E-state index contributed by atoms with van der Waals surface area (Å²) in [6.45, 7) is 6.20. The van der Waals surface area contributed by atoms with Gasteiger partial charge >= 0.3 is 0 Å². The van der Waals surface area contributed by atoms with E-state index in [1.165, 1.54) is 0 Å². The number of hydrogen-bond donors (Lipinski definition) is 0. The van der Waals surface area contributed by atoms with Crippen LogP contribution in [0, 0.1) is 20.8 Å². The summed E-state index contributed by atoms with van der Waals surface area (Å²) in [7, 11) is 0. The second-order valence-corrected chi connectivity index (χ2v) is 8.83. The standard InChI is InChI=1S/C26H24ClN5O/c1-16-13-17(2)29-26(28-16)32-25-24(18(3)30-32)21(19-9-5-4-6-10-19)14-23(33)31(25)15-20-11-7-8-12-22(20)27/h4-13,21H,14-15H2,1-3H3/t21-/m1/s1. The monoisotopic (exact) mass is 457 g/mol. The fourth-order valence-electron chi connectivity index (χ4n) is 4.57. The van der Waals surface area contributed by atoms with Gasteiger partial charge in [-0.2, -0.15) is 9.78 Å². The van der Waals surface area contributed by atoms with Crippen LogP contribution < -0.4 is 4.90 Å². The van der Waals surface area contributed by atoms with Crippen molar-refractivity contribution < 1.29 is 4.79 Å². The zero-order valence-corrected chi connectivity index (χ0v) is 19.5. The Balaban J connectivity index is 1.72. The normalized spacial score (nSPS) is 15.6. The number of carbonyl (C=O) groups is 1. The number of nitrogens with zero attached hydrogens (tertiary/aromatic N) is 5. The van der Waals surface area contributed by atoms with E-state index in [9.17, 15) is 4.79 Å². The van der Waals surface area contributed by atoms with Crippen LogP contribution >= 0.6 is 11.6 Å². The van der Waals surface area contributed by atoms with Crippen LogP contribution in [-0.4, -0.2) is 25.7 Å². The van der Waals surface area contributed by atoms with E-state index in [1.807, 2.05) is 69.3 Å². The first-order chi connectivity index (χ1) is 15.9. The van der Waals surface area contributed by atoms with Crippen LogP contribution in [0.15, 0.2) is 60.7 Å². The Kier molecular flexibility index (Phi) is 5.46. The highest BCUT2D eigenvalue weighted by atomic mass is 35.5. The Hall–Kier alpha value is -3.51. The van der Waals surface area contributed by atoms with Crippen LogP contribution in [0.25, 0.3) is 5.95 Å². The van der Waals surface area contributed by atoms with Crippen molar-refractivity contribution in [3.8, 4) is 5.95 Å². The lowest BCUT2D eigenvalue weighted by atomic mass is 9.85. The molecular weight excluding hydrogens is 434 g/mol. The molecule has 2 aromatic carbocycles. The van der Waals surface area contributed by atoms with Gasteiger partial charge in [-0.1, -0.05) is 60.1 Å². The van der Waals surface area contributed by atoms with Crippen LogP contribution in [0.1, 0.15) is 46.1 Å². The van der Waals surface area contributed by atoms with Crippen molar-refractivity contribution in [1.29, 1.82) is 0 Å². The second-order valence-electron chi connectivity index (χ2n) is 8.42. The van der Waals surface area contributed by atoms with E-state index in [4.69, 9.17) is 16.7 Å². The molecule has 0 N–H and O–H groups in total. The minimum Gasteiger partial charge on any atom is -0.292 e. The molecule has 0 bridgehead atoms. The van der Waals surface area contributed by atoms with Gasteiger partial charge < -0.3 is 0 Å². The van der Waals surface area contributed by atoms with Crippen LogP contribution in [0.4, 0.5) is 5.82 Å². The molecule has 0 unspecified atom stereocenters. The highest BCUT2D eigenvalue weighted by Gasteiger charge is 2.38. The molecule has 7 heteroatoms. The summed E-state index contributed by atoms with van der Waals surface area (Å²) in [5.74, 6) is 1.10. The van der Waals surface area contributed by atoms with Crippen LogP contribution in [-0.2, 0) is 11.3 Å². The van der Waals surface area contributed by atoms with Crippen LogP contribution in [0.2, 0.25) is 5.02 Å². The van der Waals surface area contributed by atoms with Crippen molar-refractivity contribution in [3.63, 3.8) is 0 Å². The lowest BCUT2D eigenvalue weighted by Crippen LogP contribution is -2.38. The zero-order valence-electron chi connectivity index (χ0n) is 18.8. The minimum atomic E-state index is -0.0872. The molecule has 0 aliphatic carbocycles.